The maximum Gasteiger partial charge on any atom is 0.194 e. The van der Waals surface area contributed by atoms with Crippen molar-refractivity contribution in [2.24, 2.45) is 17.5 Å². The van der Waals surface area contributed by atoms with Crippen LogP contribution in [0.5, 0.6) is 0 Å². The highest BCUT2D eigenvalue weighted by molar-refractivity contribution is 9.10. The fourth-order valence-electron chi connectivity index (χ4n) is 2.30. The van der Waals surface area contributed by atoms with Gasteiger partial charge >= 0.3 is 0 Å². The Morgan fingerprint density at radius 3 is 2.76 bits per heavy atom. The van der Waals surface area contributed by atoms with Gasteiger partial charge in [-0.25, -0.2) is 0 Å². The Morgan fingerprint density at radius 1 is 1.57 bits per heavy atom. The summed E-state index contributed by atoms with van der Waals surface area (Å²) in [5, 5.41) is 12.7. The highest BCUT2D eigenvalue weighted by Gasteiger charge is 2.41. The van der Waals surface area contributed by atoms with Crippen LogP contribution < -0.4 is 5.32 Å². The van der Waals surface area contributed by atoms with Gasteiger partial charge in [-0.2, -0.15) is 0 Å². The lowest BCUT2D eigenvalue weighted by molar-refractivity contribution is 0.216. The first-order valence-electron chi connectivity index (χ1n) is 7.41. The van der Waals surface area contributed by atoms with E-state index < -0.39 is 0 Å². The largest absolute Gasteiger partial charge is 0.396 e. The normalized spacial score (nSPS) is 16.9. The minimum Gasteiger partial charge on any atom is -0.396 e. The zero-order valence-corrected chi connectivity index (χ0v) is 14.7. The third kappa shape index (κ3) is 4.23. The second-order valence-corrected chi connectivity index (χ2v) is 6.86. The van der Waals surface area contributed by atoms with Crippen LogP contribution in [-0.2, 0) is 13.6 Å². The highest BCUT2D eigenvalue weighted by atomic mass is 79.9. The Labute approximate surface area is 135 Å². The third-order valence-electron chi connectivity index (χ3n) is 4.03. The van der Waals surface area contributed by atoms with Crippen LogP contribution in [0.3, 0.4) is 0 Å². The summed E-state index contributed by atoms with van der Waals surface area (Å²) in [5.41, 5.74) is 1.27. The van der Waals surface area contributed by atoms with Gasteiger partial charge in [-0.05, 0) is 41.8 Å². The summed E-state index contributed by atoms with van der Waals surface area (Å²) in [5.74, 6) is 0.898. The Balaban J connectivity index is 2.02. The topological polar surface area (TPSA) is 52.8 Å². The van der Waals surface area contributed by atoms with E-state index in [0.717, 1.165) is 36.4 Å². The lowest BCUT2D eigenvalue weighted by atomic mass is 10.1. The Hall–Kier alpha value is -1.01. The summed E-state index contributed by atoms with van der Waals surface area (Å²) < 4.78 is 3.20. The number of aliphatic hydroxyl groups excluding tert-OH is 1. The van der Waals surface area contributed by atoms with Gasteiger partial charge in [0.05, 0.1) is 19.7 Å². The van der Waals surface area contributed by atoms with Gasteiger partial charge in [-0.3, -0.25) is 4.99 Å². The van der Waals surface area contributed by atoms with Crippen LogP contribution in [0.25, 0.3) is 0 Å². The number of rotatable bonds is 6. The summed E-state index contributed by atoms with van der Waals surface area (Å²) >= 11 is 3.50. The van der Waals surface area contributed by atoms with Crippen molar-refractivity contribution in [3.05, 3.63) is 22.4 Å². The SMILES string of the molecule is CCNC(=NCC1(CO)CC1)N(C)Cc1cc(Br)cn1C. The minimum absolute atomic E-state index is 0.0511. The zero-order valence-electron chi connectivity index (χ0n) is 13.1. The molecule has 0 bridgehead atoms. The van der Waals surface area contributed by atoms with E-state index in [1.807, 2.05) is 14.1 Å². The van der Waals surface area contributed by atoms with Gasteiger partial charge < -0.3 is 19.9 Å². The average molecular weight is 357 g/mol. The molecule has 0 aliphatic heterocycles. The molecule has 0 radical (unpaired) electrons. The number of hydrogen-bond donors (Lipinski definition) is 2. The molecule has 2 N–H and O–H groups in total. The van der Waals surface area contributed by atoms with E-state index in [1.165, 1.54) is 5.69 Å². The second kappa shape index (κ2) is 6.83. The molecule has 0 saturated heterocycles. The number of aliphatic hydroxyl groups is 1. The zero-order chi connectivity index (χ0) is 15.5. The molecule has 1 aromatic rings. The first-order chi connectivity index (χ1) is 9.99. The molecule has 5 nitrogen and oxygen atoms in total. The van der Waals surface area contributed by atoms with Crippen molar-refractivity contribution >= 4 is 21.9 Å². The van der Waals surface area contributed by atoms with Crippen LogP contribution in [0.1, 0.15) is 25.5 Å². The molecule has 0 atom stereocenters. The molecule has 21 heavy (non-hydrogen) atoms. The Bertz CT molecular complexity index is 508. The van der Waals surface area contributed by atoms with Gasteiger partial charge in [0.1, 0.15) is 0 Å². The van der Waals surface area contributed by atoms with Crippen LogP contribution in [0.15, 0.2) is 21.7 Å². The van der Waals surface area contributed by atoms with Crippen LogP contribution in [0, 0.1) is 5.41 Å². The minimum atomic E-state index is 0.0511. The average Bonchev–Trinajstić information content (AvgIpc) is 3.16. The van der Waals surface area contributed by atoms with Gasteiger partial charge in [0.25, 0.3) is 0 Å². The smallest absolute Gasteiger partial charge is 0.194 e. The first kappa shape index (κ1) is 16.4. The molecule has 1 aliphatic rings. The van der Waals surface area contributed by atoms with Gasteiger partial charge in [0, 0.05) is 42.4 Å². The van der Waals surface area contributed by atoms with Crippen molar-refractivity contribution in [3.8, 4) is 0 Å². The van der Waals surface area contributed by atoms with E-state index in [-0.39, 0.29) is 12.0 Å². The van der Waals surface area contributed by atoms with Crippen LogP contribution in [-0.4, -0.2) is 47.3 Å². The van der Waals surface area contributed by atoms with Gasteiger partial charge in [0.15, 0.2) is 5.96 Å². The van der Waals surface area contributed by atoms with Crippen molar-refractivity contribution in [2.75, 3.05) is 26.7 Å². The fourth-order valence-corrected chi connectivity index (χ4v) is 2.87. The number of hydrogen-bond acceptors (Lipinski definition) is 2. The number of aromatic nitrogens is 1. The van der Waals surface area contributed by atoms with Gasteiger partial charge in [0.2, 0.25) is 0 Å². The molecular formula is C15H25BrN4O. The van der Waals surface area contributed by atoms with E-state index in [4.69, 9.17) is 4.99 Å². The number of guanidine groups is 1. The lowest BCUT2D eigenvalue weighted by Gasteiger charge is -2.23. The van der Waals surface area contributed by atoms with Crippen LogP contribution in [0.2, 0.25) is 0 Å². The molecule has 1 aromatic heterocycles. The molecule has 0 unspecified atom stereocenters. The summed E-state index contributed by atoms with van der Waals surface area (Å²) in [6.07, 6.45) is 4.22. The van der Waals surface area contributed by atoms with Crippen LogP contribution >= 0.6 is 15.9 Å². The summed E-state index contributed by atoms with van der Waals surface area (Å²) in [6.45, 7) is 4.64. The Kier molecular flexibility index (Phi) is 5.32. The molecule has 0 spiro atoms. The fraction of sp³-hybridized carbons (Fsp3) is 0.667. The molecule has 1 fully saturated rings. The van der Waals surface area contributed by atoms with Gasteiger partial charge in [-0.1, -0.05) is 0 Å². The van der Waals surface area contributed by atoms with E-state index >= 15 is 0 Å². The number of nitrogens with zero attached hydrogens (tertiary/aromatic N) is 3. The number of halogens is 1. The molecule has 1 heterocycles. The van der Waals surface area contributed by atoms with Crippen molar-refractivity contribution in [1.29, 1.82) is 0 Å². The molecule has 0 amide bonds. The summed E-state index contributed by atoms with van der Waals surface area (Å²) in [7, 11) is 4.09. The van der Waals surface area contributed by atoms with Crippen molar-refractivity contribution in [1.82, 2.24) is 14.8 Å². The molecule has 1 aliphatic carbocycles. The maximum atomic E-state index is 9.40. The maximum absolute atomic E-state index is 9.40. The van der Waals surface area contributed by atoms with E-state index in [2.05, 4.69) is 49.9 Å². The monoisotopic (exact) mass is 356 g/mol. The Morgan fingerprint density at radius 2 is 2.29 bits per heavy atom. The second-order valence-electron chi connectivity index (χ2n) is 5.94. The molecule has 0 aromatic carbocycles. The number of aryl methyl sites for hydroxylation is 1. The van der Waals surface area contributed by atoms with E-state index in [9.17, 15) is 5.11 Å². The molecule has 6 heteroatoms. The molecule has 1 saturated carbocycles. The predicted molar refractivity (Wildman–Crippen MR) is 89.3 cm³/mol. The molecule has 2 rings (SSSR count). The molecular weight excluding hydrogens is 332 g/mol. The van der Waals surface area contributed by atoms with Crippen LogP contribution in [0.4, 0.5) is 0 Å². The standard InChI is InChI=1S/C15H25BrN4O/c1-4-17-14(18-10-15(11-21)5-6-15)20(3)9-13-7-12(16)8-19(13)2/h7-8,21H,4-6,9-11H2,1-3H3,(H,17,18). The highest BCUT2D eigenvalue weighted by Crippen LogP contribution is 2.45. The quantitative estimate of drug-likeness (QED) is 0.605. The van der Waals surface area contributed by atoms with Crippen molar-refractivity contribution in [3.63, 3.8) is 0 Å². The summed E-state index contributed by atoms with van der Waals surface area (Å²) in [6, 6.07) is 2.12. The molecule has 118 valence electrons. The predicted octanol–water partition coefficient (Wildman–Crippen LogP) is 1.96. The van der Waals surface area contributed by atoms with Crippen molar-refractivity contribution < 1.29 is 5.11 Å². The summed E-state index contributed by atoms with van der Waals surface area (Å²) in [4.78, 5) is 6.83. The lowest BCUT2D eigenvalue weighted by Crippen LogP contribution is -2.39. The number of aliphatic imine (C=N–C) groups is 1. The van der Waals surface area contributed by atoms with Crippen molar-refractivity contribution in [2.45, 2.75) is 26.3 Å². The van der Waals surface area contributed by atoms with E-state index in [1.54, 1.807) is 0 Å². The first-order valence-corrected chi connectivity index (χ1v) is 8.20. The van der Waals surface area contributed by atoms with Gasteiger partial charge in [-0.15, -0.1) is 0 Å². The third-order valence-corrected chi connectivity index (χ3v) is 4.46. The number of nitrogens with one attached hydrogen (secondary N) is 1. The van der Waals surface area contributed by atoms with E-state index in [0.29, 0.717) is 6.54 Å².